The smallest absolute Gasteiger partial charge is 0.239 e. The average molecular weight is 281 g/mol. The number of nitrogens with one attached hydrogen (secondary N) is 2. The maximum absolute atomic E-state index is 11.8. The van der Waals surface area contributed by atoms with Gasteiger partial charge in [0.25, 0.3) is 0 Å². The molecule has 1 fully saturated rings. The van der Waals surface area contributed by atoms with Crippen molar-refractivity contribution in [3.05, 3.63) is 28.8 Å². The number of benzene rings is 1. The number of carbonyl (C=O) groups excluding carboxylic acids is 1. The predicted molar refractivity (Wildman–Crippen MR) is 79.7 cm³/mol. The average Bonchev–Trinajstić information content (AvgIpc) is 2.41. The lowest BCUT2D eigenvalue weighted by molar-refractivity contribution is -0.120. The first-order valence-corrected chi connectivity index (χ1v) is 7.32. The minimum absolute atomic E-state index is 0.0589. The summed E-state index contributed by atoms with van der Waals surface area (Å²) in [5, 5.41) is 6.91. The summed E-state index contributed by atoms with van der Waals surface area (Å²) < 4.78 is 0. The lowest BCUT2D eigenvalue weighted by Crippen LogP contribution is -2.39. The Kier molecular flexibility index (Phi) is 5.08. The molecule has 0 bridgehead atoms. The van der Waals surface area contributed by atoms with E-state index in [1.165, 1.54) is 19.3 Å². The van der Waals surface area contributed by atoms with Gasteiger partial charge in [-0.3, -0.25) is 4.79 Å². The fourth-order valence-electron chi connectivity index (χ4n) is 2.41. The summed E-state index contributed by atoms with van der Waals surface area (Å²) in [6.45, 7) is 2.26. The van der Waals surface area contributed by atoms with E-state index in [0.29, 0.717) is 12.6 Å². The zero-order valence-electron chi connectivity index (χ0n) is 11.3. The van der Waals surface area contributed by atoms with Crippen LogP contribution in [0.5, 0.6) is 0 Å². The molecule has 0 atom stereocenters. The molecule has 1 aliphatic carbocycles. The van der Waals surface area contributed by atoms with Gasteiger partial charge in [0.2, 0.25) is 5.91 Å². The van der Waals surface area contributed by atoms with Crippen LogP contribution < -0.4 is 10.6 Å². The van der Waals surface area contributed by atoms with E-state index in [-0.39, 0.29) is 5.91 Å². The molecule has 1 aromatic carbocycles. The van der Waals surface area contributed by atoms with Crippen LogP contribution in [0.15, 0.2) is 18.2 Å². The number of hydrogen-bond donors (Lipinski definition) is 2. The highest BCUT2D eigenvalue weighted by Gasteiger charge is 2.15. The number of hydrogen-bond acceptors (Lipinski definition) is 2. The first-order valence-electron chi connectivity index (χ1n) is 6.94. The van der Waals surface area contributed by atoms with Crippen molar-refractivity contribution in [3.8, 4) is 0 Å². The zero-order valence-corrected chi connectivity index (χ0v) is 12.1. The van der Waals surface area contributed by atoms with Crippen molar-refractivity contribution < 1.29 is 4.79 Å². The SMILES string of the molecule is Cc1ccc(NCC(=O)NC2CCCCC2)cc1Cl. The van der Waals surface area contributed by atoms with E-state index in [9.17, 15) is 4.79 Å². The van der Waals surface area contributed by atoms with E-state index in [2.05, 4.69) is 10.6 Å². The number of anilines is 1. The molecule has 1 aromatic rings. The third-order valence-corrected chi connectivity index (χ3v) is 4.00. The molecule has 0 radical (unpaired) electrons. The van der Waals surface area contributed by atoms with E-state index in [1.54, 1.807) is 0 Å². The zero-order chi connectivity index (χ0) is 13.7. The van der Waals surface area contributed by atoms with E-state index in [1.807, 2.05) is 25.1 Å². The molecule has 0 aromatic heterocycles. The predicted octanol–water partition coefficient (Wildman–Crippen LogP) is 3.51. The molecular weight excluding hydrogens is 260 g/mol. The van der Waals surface area contributed by atoms with Crippen LogP contribution in [0, 0.1) is 6.92 Å². The van der Waals surface area contributed by atoms with Gasteiger partial charge in [-0.15, -0.1) is 0 Å². The van der Waals surface area contributed by atoms with Crippen molar-refractivity contribution in [1.29, 1.82) is 0 Å². The molecular formula is C15H21ClN2O. The second-order valence-electron chi connectivity index (χ2n) is 5.22. The van der Waals surface area contributed by atoms with Gasteiger partial charge in [0.15, 0.2) is 0 Å². The molecule has 19 heavy (non-hydrogen) atoms. The highest BCUT2D eigenvalue weighted by molar-refractivity contribution is 6.31. The molecule has 0 aliphatic heterocycles. The fraction of sp³-hybridized carbons (Fsp3) is 0.533. The second-order valence-corrected chi connectivity index (χ2v) is 5.63. The normalized spacial score (nSPS) is 16.1. The second kappa shape index (κ2) is 6.80. The maximum Gasteiger partial charge on any atom is 0.239 e. The lowest BCUT2D eigenvalue weighted by Gasteiger charge is -2.22. The van der Waals surface area contributed by atoms with Crippen LogP contribution in [0.1, 0.15) is 37.7 Å². The largest absolute Gasteiger partial charge is 0.376 e. The van der Waals surface area contributed by atoms with Crippen LogP contribution in [-0.4, -0.2) is 18.5 Å². The summed E-state index contributed by atoms with van der Waals surface area (Å²) in [6.07, 6.45) is 5.98. The van der Waals surface area contributed by atoms with Gasteiger partial charge in [0.1, 0.15) is 0 Å². The van der Waals surface area contributed by atoms with Crippen molar-refractivity contribution in [2.45, 2.75) is 45.1 Å². The van der Waals surface area contributed by atoms with Crippen molar-refractivity contribution in [3.63, 3.8) is 0 Å². The third kappa shape index (κ3) is 4.43. The Balaban J connectivity index is 1.77. The van der Waals surface area contributed by atoms with Crippen LogP contribution in [0.4, 0.5) is 5.69 Å². The minimum atomic E-state index is 0.0589. The highest BCUT2D eigenvalue weighted by Crippen LogP contribution is 2.20. The van der Waals surface area contributed by atoms with Crippen LogP contribution >= 0.6 is 11.6 Å². The Bertz CT molecular complexity index is 442. The van der Waals surface area contributed by atoms with Gasteiger partial charge in [-0.1, -0.05) is 36.9 Å². The topological polar surface area (TPSA) is 41.1 Å². The van der Waals surface area contributed by atoms with E-state index in [4.69, 9.17) is 11.6 Å². The Morgan fingerprint density at radius 3 is 2.74 bits per heavy atom. The van der Waals surface area contributed by atoms with E-state index < -0.39 is 0 Å². The fourth-order valence-corrected chi connectivity index (χ4v) is 2.59. The van der Waals surface area contributed by atoms with Crippen molar-refractivity contribution >= 4 is 23.2 Å². The molecule has 2 N–H and O–H groups in total. The van der Waals surface area contributed by atoms with Gasteiger partial charge < -0.3 is 10.6 Å². The summed E-state index contributed by atoms with van der Waals surface area (Å²) >= 11 is 6.04. The van der Waals surface area contributed by atoms with E-state index in [0.717, 1.165) is 29.1 Å². The van der Waals surface area contributed by atoms with Gasteiger partial charge in [-0.05, 0) is 37.5 Å². The summed E-state index contributed by atoms with van der Waals surface area (Å²) in [5.74, 6) is 0.0589. The standard InChI is InChI=1S/C15H21ClN2O/c1-11-7-8-13(9-14(11)16)17-10-15(19)18-12-5-3-2-4-6-12/h7-9,12,17H,2-6,10H2,1H3,(H,18,19). The first kappa shape index (κ1) is 14.2. The summed E-state index contributed by atoms with van der Waals surface area (Å²) in [5.41, 5.74) is 1.92. The molecule has 4 heteroatoms. The molecule has 0 spiro atoms. The third-order valence-electron chi connectivity index (χ3n) is 3.60. The highest BCUT2D eigenvalue weighted by atomic mass is 35.5. The summed E-state index contributed by atoms with van der Waals surface area (Å²) in [7, 11) is 0. The molecule has 0 unspecified atom stereocenters. The molecule has 104 valence electrons. The van der Waals surface area contributed by atoms with Crippen LogP contribution in [-0.2, 0) is 4.79 Å². The molecule has 0 saturated heterocycles. The molecule has 3 nitrogen and oxygen atoms in total. The number of carbonyl (C=O) groups is 1. The number of halogens is 1. The monoisotopic (exact) mass is 280 g/mol. The van der Waals surface area contributed by atoms with Crippen LogP contribution in [0.25, 0.3) is 0 Å². The van der Waals surface area contributed by atoms with Gasteiger partial charge in [-0.25, -0.2) is 0 Å². The summed E-state index contributed by atoms with van der Waals surface area (Å²) in [4.78, 5) is 11.8. The Hall–Kier alpha value is -1.22. The molecule has 2 rings (SSSR count). The molecule has 1 aliphatic rings. The van der Waals surface area contributed by atoms with E-state index >= 15 is 0 Å². The van der Waals surface area contributed by atoms with Gasteiger partial charge in [0.05, 0.1) is 6.54 Å². The Labute approximate surface area is 119 Å². The molecule has 1 saturated carbocycles. The first-order chi connectivity index (χ1) is 9.15. The van der Waals surface area contributed by atoms with Gasteiger partial charge in [0, 0.05) is 16.8 Å². The lowest BCUT2D eigenvalue weighted by atomic mass is 9.95. The molecule has 1 amide bonds. The van der Waals surface area contributed by atoms with Crippen LogP contribution in [0.2, 0.25) is 5.02 Å². The number of amides is 1. The Morgan fingerprint density at radius 2 is 2.05 bits per heavy atom. The number of rotatable bonds is 4. The summed E-state index contributed by atoms with van der Waals surface area (Å²) in [6, 6.07) is 6.11. The Morgan fingerprint density at radius 1 is 1.32 bits per heavy atom. The quantitative estimate of drug-likeness (QED) is 0.886. The number of aryl methyl sites for hydroxylation is 1. The maximum atomic E-state index is 11.8. The van der Waals surface area contributed by atoms with Crippen molar-refractivity contribution in [2.24, 2.45) is 0 Å². The minimum Gasteiger partial charge on any atom is -0.376 e. The van der Waals surface area contributed by atoms with Gasteiger partial charge >= 0.3 is 0 Å². The van der Waals surface area contributed by atoms with Crippen LogP contribution in [0.3, 0.4) is 0 Å². The van der Waals surface area contributed by atoms with Gasteiger partial charge in [-0.2, -0.15) is 0 Å². The van der Waals surface area contributed by atoms with Crippen molar-refractivity contribution in [2.75, 3.05) is 11.9 Å². The molecule has 0 heterocycles. The van der Waals surface area contributed by atoms with Crippen molar-refractivity contribution in [1.82, 2.24) is 5.32 Å².